The number of ketones is 1. The number of fused-ring (bicyclic) bond motifs is 6. The number of carbonyl (C=O) groups excluding carboxylic acids is 1. The standard InChI is InChI=1S/C41H64N2O8/c1-4-5-23-6-9-25-26(22-44)36(51-33(25)10-7-23)37(48)39(3,49)34-14-17-41(50)28-18-30(45)29-19-31(46)32(47)20-40(29,27(28)13-15-38(34,41)2)16-12-24-8-11-35(42)43-21-24/h8,11,18,21,23,25-27,29,31-37,43-44,46-50H,4-7,9-10,12-17,19-20,22,42H2,1-3H3. The van der Waals surface area contributed by atoms with Crippen molar-refractivity contribution in [2.24, 2.45) is 52.1 Å². The minimum absolute atomic E-state index is 0.0507. The number of hydrogen-bond donors (Lipinski definition) is 8. The van der Waals surface area contributed by atoms with Crippen LogP contribution in [0.15, 0.2) is 35.6 Å². The molecule has 10 nitrogen and oxygen atoms in total. The fourth-order valence-corrected chi connectivity index (χ4v) is 13.0. The van der Waals surface area contributed by atoms with Gasteiger partial charge in [-0.1, -0.05) is 39.2 Å². The molecule has 0 aromatic rings. The van der Waals surface area contributed by atoms with Crippen molar-refractivity contribution in [1.29, 1.82) is 0 Å². The molecule has 0 amide bonds. The molecule has 2 aliphatic heterocycles. The van der Waals surface area contributed by atoms with Crippen LogP contribution < -0.4 is 11.1 Å². The maximum Gasteiger partial charge on any atom is 0.159 e. The first-order valence-electron chi connectivity index (χ1n) is 20.1. The highest BCUT2D eigenvalue weighted by Gasteiger charge is 2.70. The van der Waals surface area contributed by atoms with E-state index in [1.165, 1.54) is 6.42 Å². The number of dihydropyridines is 1. The predicted octanol–water partition coefficient (Wildman–Crippen LogP) is 3.37. The third kappa shape index (κ3) is 6.03. The van der Waals surface area contributed by atoms with Gasteiger partial charge in [-0.05, 0) is 130 Å². The van der Waals surface area contributed by atoms with Crippen molar-refractivity contribution >= 4 is 5.78 Å². The van der Waals surface area contributed by atoms with E-state index in [0.29, 0.717) is 50.0 Å². The molecule has 0 bridgehead atoms. The van der Waals surface area contributed by atoms with E-state index in [2.05, 4.69) is 12.2 Å². The van der Waals surface area contributed by atoms with E-state index in [1.807, 2.05) is 25.3 Å². The maximum absolute atomic E-state index is 14.1. The first-order valence-corrected chi connectivity index (χ1v) is 20.1. The fourth-order valence-electron chi connectivity index (χ4n) is 13.0. The van der Waals surface area contributed by atoms with Crippen molar-refractivity contribution in [2.45, 2.75) is 159 Å². The van der Waals surface area contributed by atoms with Crippen LogP contribution in [-0.4, -0.2) is 90.9 Å². The third-order valence-corrected chi connectivity index (χ3v) is 15.8. The lowest BCUT2D eigenvalue weighted by Gasteiger charge is -2.62. The second kappa shape index (κ2) is 13.9. The molecule has 0 radical (unpaired) electrons. The van der Waals surface area contributed by atoms with Crippen LogP contribution in [0, 0.1) is 46.3 Å². The average molecular weight is 713 g/mol. The van der Waals surface area contributed by atoms with Crippen molar-refractivity contribution < 1.29 is 40.2 Å². The Morgan fingerprint density at radius 2 is 1.86 bits per heavy atom. The summed E-state index contributed by atoms with van der Waals surface area (Å²) in [5, 5.41) is 73.2. The van der Waals surface area contributed by atoms with Crippen molar-refractivity contribution in [3.8, 4) is 0 Å². The number of aliphatic hydroxyl groups is 6. The van der Waals surface area contributed by atoms with Gasteiger partial charge in [0.05, 0.1) is 41.8 Å². The summed E-state index contributed by atoms with van der Waals surface area (Å²) in [6.07, 6.45) is 13.3. The molecule has 0 spiro atoms. The molecule has 5 fully saturated rings. The minimum atomic E-state index is -1.63. The lowest BCUT2D eigenvalue weighted by atomic mass is 9.44. The Kier molecular flexibility index (Phi) is 10.3. The minimum Gasteiger partial charge on any atom is -0.396 e. The summed E-state index contributed by atoms with van der Waals surface area (Å²) in [6, 6.07) is 0. The molecule has 2 heterocycles. The van der Waals surface area contributed by atoms with Crippen molar-refractivity contribution in [1.82, 2.24) is 5.32 Å². The van der Waals surface area contributed by atoms with Crippen LogP contribution in [0.4, 0.5) is 0 Å². The van der Waals surface area contributed by atoms with Gasteiger partial charge in [0, 0.05) is 30.1 Å². The molecule has 5 aliphatic carbocycles. The highest BCUT2D eigenvalue weighted by atomic mass is 16.5. The van der Waals surface area contributed by atoms with Gasteiger partial charge in [-0.3, -0.25) is 4.79 Å². The zero-order valence-electron chi connectivity index (χ0n) is 30.9. The molecule has 0 aromatic heterocycles. The van der Waals surface area contributed by atoms with Crippen LogP contribution in [0.1, 0.15) is 111 Å². The number of aliphatic hydroxyl groups excluding tert-OH is 4. The van der Waals surface area contributed by atoms with Gasteiger partial charge in [0.15, 0.2) is 5.78 Å². The highest BCUT2D eigenvalue weighted by Crippen LogP contribution is 2.69. The normalized spacial score (nSPS) is 48.2. The van der Waals surface area contributed by atoms with E-state index in [4.69, 9.17) is 10.5 Å². The van der Waals surface area contributed by atoms with E-state index in [9.17, 15) is 35.4 Å². The van der Waals surface area contributed by atoms with Crippen LogP contribution >= 0.6 is 0 Å². The van der Waals surface area contributed by atoms with Crippen molar-refractivity contribution in [2.75, 3.05) is 6.61 Å². The Hall–Kier alpha value is -1.63. The van der Waals surface area contributed by atoms with Gasteiger partial charge in [0.2, 0.25) is 0 Å². The predicted molar refractivity (Wildman–Crippen MR) is 193 cm³/mol. The highest BCUT2D eigenvalue weighted by molar-refractivity contribution is 5.95. The van der Waals surface area contributed by atoms with Crippen LogP contribution in [-0.2, 0) is 9.53 Å². The second-order valence-corrected chi connectivity index (χ2v) is 18.2. The SMILES string of the molecule is CCCC1CCC2OC(C(O)C(C)(O)C3CCC4(O)C5=CC(=O)C6CC(O)C(O)CC6(CCC6=CNC(N)C=C6)C5CCC34C)C(CO)C2CC1. The van der Waals surface area contributed by atoms with E-state index in [0.717, 1.165) is 37.7 Å². The average Bonchev–Trinajstić information content (AvgIpc) is 3.52. The second-order valence-electron chi connectivity index (χ2n) is 18.2. The number of hydrogen-bond acceptors (Lipinski definition) is 10. The molecule has 9 N–H and O–H groups in total. The molecule has 286 valence electrons. The summed E-state index contributed by atoms with van der Waals surface area (Å²) in [7, 11) is 0. The molecular formula is C41H64N2O8. The summed E-state index contributed by atoms with van der Waals surface area (Å²) in [5.41, 5.74) is 3.19. The molecular weight excluding hydrogens is 648 g/mol. The Labute approximate surface area is 303 Å². The van der Waals surface area contributed by atoms with Gasteiger partial charge in [-0.2, -0.15) is 0 Å². The molecule has 1 saturated heterocycles. The summed E-state index contributed by atoms with van der Waals surface area (Å²) in [4.78, 5) is 14.1. The Morgan fingerprint density at radius 3 is 2.57 bits per heavy atom. The van der Waals surface area contributed by atoms with Gasteiger partial charge in [-0.25, -0.2) is 0 Å². The molecule has 10 heteroatoms. The van der Waals surface area contributed by atoms with Gasteiger partial charge < -0.3 is 46.4 Å². The third-order valence-electron chi connectivity index (χ3n) is 15.8. The summed E-state index contributed by atoms with van der Waals surface area (Å²) >= 11 is 0. The van der Waals surface area contributed by atoms with Gasteiger partial charge in [0.25, 0.3) is 0 Å². The van der Waals surface area contributed by atoms with Gasteiger partial charge in [-0.15, -0.1) is 0 Å². The number of nitrogens with one attached hydrogen (secondary N) is 1. The molecule has 16 atom stereocenters. The maximum atomic E-state index is 14.1. The molecule has 51 heavy (non-hydrogen) atoms. The van der Waals surface area contributed by atoms with Crippen LogP contribution in [0.25, 0.3) is 0 Å². The fraction of sp³-hybridized carbons (Fsp3) is 0.829. The monoisotopic (exact) mass is 712 g/mol. The zero-order valence-corrected chi connectivity index (χ0v) is 30.9. The summed E-state index contributed by atoms with van der Waals surface area (Å²) in [5.74, 6) is -0.734. The molecule has 7 aliphatic rings. The lowest BCUT2D eigenvalue weighted by Crippen LogP contribution is -2.64. The Morgan fingerprint density at radius 1 is 1.10 bits per heavy atom. The largest absolute Gasteiger partial charge is 0.396 e. The Balaban J connectivity index is 1.15. The Bertz CT molecular complexity index is 1410. The van der Waals surface area contributed by atoms with E-state index < -0.39 is 58.3 Å². The number of allylic oxidation sites excluding steroid dienone is 3. The summed E-state index contributed by atoms with van der Waals surface area (Å²) in [6.45, 7) is 5.79. The quantitative estimate of drug-likeness (QED) is 0.176. The smallest absolute Gasteiger partial charge is 0.159 e. The molecule has 4 saturated carbocycles. The number of carbonyl (C=O) groups is 1. The van der Waals surface area contributed by atoms with Crippen LogP contribution in [0.5, 0.6) is 0 Å². The zero-order chi connectivity index (χ0) is 36.5. The molecule has 0 aromatic carbocycles. The van der Waals surface area contributed by atoms with Crippen LogP contribution in [0.3, 0.4) is 0 Å². The molecule has 16 unspecified atom stereocenters. The number of ether oxygens (including phenoxy) is 1. The van der Waals surface area contributed by atoms with Crippen molar-refractivity contribution in [3.05, 3.63) is 35.6 Å². The van der Waals surface area contributed by atoms with E-state index in [1.54, 1.807) is 13.0 Å². The van der Waals surface area contributed by atoms with E-state index in [-0.39, 0.29) is 55.3 Å². The number of rotatable bonds is 9. The summed E-state index contributed by atoms with van der Waals surface area (Å²) < 4.78 is 6.60. The van der Waals surface area contributed by atoms with Crippen LogP contribution in [0.2, 0.25) is 0 Å². The molecule has 7 rings (SSSR count). The van der Waals surface area contributed by atoms with Gasteiger partial charge >= 0.3 is 0 Å². The number of nitrogens with two attached hydrogens (primary N) is 1. The topological polar surface area (TPSA) is 186 Å². The van der Waals surface area contributed by atoms with Crippen molar-refractivity contribution in [3.63, 3.8) is 0 Å². The van der Waals surface area contributed by atoms with Gasteiger partial charge in [0.1, 0.15) is 6.10 Å². The lowest BCUT2D eigenvalue weighted by molar-refractivity contribution is -0.200. The first-order chi connectivity index (χ1) is 24.2. The first kappa shape index (κ1) is 37.7. The van der Waals surface area contributed by atoms with E-state index >= 15 is 0 Å².